The van der Waals surface area contributed by atoms with Gasteiger partial charge in [0.25, 0.3) is 0 Å². The summed E-state index contributed by atoms with van der Waals surface area (Å²) in [4.78, 5) is 0. The number of aromatic nitrogens is 2. The lowest BCUT2D eigenvalue weighted by atomic mass is 9.86. The fourth-order valence-corrected chi connectivity index (χ4v) is 2.87. The number of hydrogen-bond acceptors (Lipinski definition) is 3. The molecule has 0 spiro atoms. The topological polar surface area (TPSA) is 50.1 Å². The normalized spacial score (nSPS) is 26.2. The summed E-state index contributed by atoms with van der Waals surface area (Å²) in [6.45, 7) is 2.57. The molecule has 4 heteroatoms. The first-order valence-corrected chi connectivity index (χ1v) is 7.08. The van der Waals surface area contributed by atoms with Gasteiger partial charge in [0, 0.05) is 37.5 Å². The van der Waals surface area contributed by atoms with Crippen LogP contribution in [0.25, 0.3) is 0 Å². The van der Waals surface area contributed by atoms with Crippen LogP contribution in [0.4, 0.5) is 0 Å². The van der Waals surface area contributed by atoms with E-state index in [9.17, 15) is 0 Å². The Hall–Kier alpha value is -0.870. The highest BCUT2D eigenvalue weighted by Gasteiger charge is 2.23. The maximum atomic E-state index is 9.15. The molecule has 1 fully saturated rings. The van der Waals surface area contributed by atoms with Gasteiger partial charge in [-0.3, -0.25) is 4.68 Å². The van der Waals surface area contributed by atoms with Gasteiger partial charge in [0.15, 0.2) is 0 Å². The van der Waals surface area contributed by atoms with Crippen molar-refractivity contribution in [2.75, 3.05) is 6.61 Å². The molecular formula is C14H25N3O. The van der Waals surface area contributed by atoms with Crippen molar-refractivity contribution in [3.05, 3.63) is 18.0 Å². The molecule has 4 nitrogen and oxygen atoms in total. The standard InChI is InChI=1S/C14H25N3O/c1-3-14(12-8-15-17(2)9-12)16-13-6-4-11(10-18)5-7-13/h8-9,11,13-14,16,18H,3-7,10H2,1-2H3. The first-order valence-electron chi connectivity index (χ1n) is 7.08. The molecule has 1 heterocycles. The largest absolute Gasteiger partial charge is 0.396 e. The predicted molar refractivity (Wildman–Crippen MR) is 72.2 cm³/mol. The number of aryl methyl sites for hydroxylation is 1. The van der Waals surface area contributed by atoms with E-state index in [0.717, 1.165) is 19.3 Å². The van der Waals surface area contributed by atoms with Crippen molar-refractivity contribution in [2.45, 2.75) is 51.1 Å². The van der Waals surface area contributed by atoms with Crippen LogP contribution in [-0.2, 0) is 7.05 Å². The summed E-state index contributed by atoms with van der Waals surface area (Å²) in [7, 11) is 1.96. The van der Waals surface area contributed by atoms with Crippen LogP contribution in [0.1, 0.15) is 50.6 Å². The lowest BCUT2D eigenvalue weighted by Crippen LogP contribution is -2.36. The highest BCUT2D eigenvalue weighted by atomic mass is 16.3. The van der Waals surface area contributed by atoms with Crippen molar-refractivity contribution in [2.24, 2.45) is 13.0 Å². The van der Waals surface area contributed by atoms with Crippen molar-refractivity contribution < 1.29 is 5.11 Å². The zero-order valence-corrected chi connectivity index (χ0v) is 11.5. The number of aliphatic hydroxyl groups excluding tert-OH is 1. The second kappa shape index (κ2) is 6.34. The number of rotatable bonds is 5. The Balaban J connectivity index is 1.87. The number of aliphatic hydroxyl groups is 1. The molecule has 2 N–H and O–H groups in total. The molecule has 1 atom stereocenters. The Morgan fingerprint density at radius 1 is 1.44 bits per heavy atom. The minimum atomic E-state index is 0.354. The first kappa shape index (κ1) is 13.6. The number of nitrogens with zero attached hydrogens (tertiary/aromatic N) is 2. The Labute approximate surface area is 109 Å². The Bertz CT molecular complexity index is 356. The summed E-state index contributed by atoms with van der Waals surface area (Å²) in [5, 5.41) is 17.1. The van der Waals surface area contributed by atoms with E-state index in [-0.39, 0.29) is 0 Å². The van der Waals surface area contributed by atoms with Crippen LogP contribution in [-0.4, -0.2) is 27.5 Å². The van der Waals surface area contributed by atoms with Crippen LogP contribution >= 0.6 is 0 Å². The van der Waals surface area contributed by atoms with Gasteiger partial charge in [-0.1, -0.05) is 6.92 Å². The van der Waals surface area contributed by atoms with E-state index >= 15 is 0 Å². The maximum Gasteiger partial charge on any atom is 0.0537 e. The third-order valence-electron chi connectivity index (χ3n) is 4.08. The highest BCUT2D eigenvalue weighted by molar-refractivity contribution is 5.10. The second-order valence-electron chi connectivity index (χ2n) is 5.48. The van der Waals surface area contributed by atoms with Gasteiger partial charge in [0.1, 0.15) is 0 Å². The smallest absolute Gasteiger partial charge is 0.0537 e. The zero-order chi connectivity index (χ0) is 13.0. The molecule has 102 valence electrons. The quantitative estimate of drug-likeness (QED) is 0.841. The molecule has 1 aliphatic rings. The average Bonchev–Trinajstić information content (AvgIpc) is 2.83. The van der Waals surface area contributed by atoms with Gasteiger partial charge in [-0.2, -0.15) is 5.10 Å². The van der Waals surface area contributed by atoms with E-state index < -0.39 is 0 Å². The first-order chi connectivity index (χ1) is 8.72. The molecule has 1 saturated carbocycles. The van der Waals surface area contributed by atoms with E-state index in [1.807, 2.05) is 17.9 Å². The van der Waals surface area contributed by atoms with Crippen molar-refractivity contribution in [3.8, 4) is 0 Å². The van der Waals surface area contributed by atoms with Crippen molar-refractivity contribution in [1.29, 1.82) is 0 Å². The van der Waals surface area contributed by atoms with Gasteiger partial charge in [-0.25, -0.2) is 0 Å². The van der Waals surface area contributed by atoms with Gasteiger partial charge < -0.3 is 10.4 Å². The molecule has 1 aromatic rings. The molecule has 18 heavy (non-hydrogen) atoms. The Kier molecular flexibility index (Phi) is 4.78. The number of hydrogen-bond donors (Lipinski definition) is 2. The van der Waals surface area contributed by atoms with Crippen LogP contribution < -0.4 is 5.32 Å². The third kappa shape index (κ3) is 3.33. The molecule has 0 radical (unpaired) electrons. The minimum absolute atomic E-state index is 0.354. The van der Waals surface area contributed by atoms with Crippen LogP contribution in [0.3, 0.4) is 0 Å². The van der Waals surface area contributed by atoms with Crippen LogP contribution in [0.15, 0.2) is 12.4 Å². The van der Waals surface area contributed by atoms with E-state index in [4.69, 9.17) is 5.11 Å². The summed E-state index contributed by atoms with van der Waals surface area (Å²) >= 11 is 0. The van der Waals surface area contributed by atoms with Crippen LogP contribution in [0.5, 0.6) is 0 Å². The summed E-state index contributed by atoms with van der Waals surface area (Å²) in [6.07, 6.45) is 9.81. The predicted octanol–water partition coefficient (Wildman–Crippen LogP) is 2.01. The van der Waals surface area contributed by atoms with Crippen LogP contribution in [0.2, 0.25) is 0 Å². The molecule has 2 rings (SSSR count). The lowest BCUT2D eigenvalue weighted by molar-refractivity contribution is 0.171. The third-order valence-corrected chi connectivity index (χ3v) is 4.08. The second-order valence-corrected chi connectivity index (χ2v) is 5.48. The van der Waals surface area contributed by atoms with Gasteiger partial charge >= 0.3 is 0 Å². The molecule has 1 aliphatic carbocycles. The maximum absolute atomic E-state index is 9.15. The van der Waals surface area contributed by atoms with Crippen molar-refractivity contribution in [1.82, 2.24) is 15.1 Å². The van der Waals surface area contributed by atoms with E-state index in [1.54, 1.807) is 0 Å². The summed E-state index contributed by atoms with van der Waals surface area (Å²) in [6, 6.07) is 1.01. The fraction of sp³-hybridized carbons (Fsp3) is 0.786. The summed E-state index contributed by atoms with van der Waals surface area (Å²) < 4.78 is 1.86. The van der Waals surface area contributed by atoms with E-state index in [2.05, 4.69) is 23.5 Å². The van der Waals surface area contributed by atoms with Crippen molar-refractivity contribution >= 4 is 0 Å². The van der Waals surface area contributed by atoms with Gasteiger partial charge in [-0.15, -0.1) is 0 Å². The fourth-order valence-electron chi connectivity index (χ4n) is 2.87. The monoisotopic (exact) mass is 251 g/mol. The summed E-state index contributed by atoms with van der Waals surface area (Å²) in [5.41, 5.74) is 1.28. The van der Waals surface area contributed by atoms with Crippen molar-refractivity contribution in [3.63, 3.8) is 0 Å². The molecule has 0 saturated heterocycles. The molecule has 0 amide bonds. The molecule has 1 unspecified atom stereocenters. The van der Waals surface area contributed by atoms with Gasteiger partial charge in [0.2, 0.25) is 0 Å². The van der Waals surface area contributed by atoms with Crippen LogP contribution in [0, 0.1) is 5.92 Å². The Morgan fingerprint density at radius 2 is 2.17 bits per heavy atom. The minimum Gasteiger partial charge on any atom is -0.396 e. The zero-order valence-electron chi connectivity index (χ0n) is 11.5. The molecule has 0 aromatic carbocycles. The molecular weight excluding hydrogens is 226 g/mol. The Morgan fingerprint density at radius 3 is 2.67 bits per heavy atom. The number of nitrogens with one attached hydrogen (secondary N) is 1. The molecule has 0 aliphatic heterocycles. The SMILES string of the molecule is CCC(NC1CCC(CO)CC1)c1cnn(C)c1. The highest BCUT2D eigenvalue weighted by Crippen LogP contribution is 2.26. The molecule has 1 aromatic heterocycles. The molecule has 0 bridgehead atoms. The van der Waals surface area contributed by atoms with E-state index in [1.165, 1.54) is 18.4 Å². The van der Waals surface area contributed by atoms with Gasteiger partial charge in [0.05, 0.1) is 6.20 Å². The van der Waals surface area contributed by atoms with Gasteiger partial charge in [-0.05, 0) is 38.0 Å². The summed E-state index contributed by atoms with van der Waals surface area (Å²) in [5.74, 6) is 0.529. The van der Waals surface area contributed by atoms with E-state index in [0.29, 0.717) is 24.6 Å². The average molecular weight is 251 g/mol. The lowest BCUT2D eigenvalue weighted by Gasteiger charge is -2.31.